The van der Waals surface area contributed by atoms with Gasteiger partial charge in [0.15, 0.2) is 5.13 Å². The second kappa shape index (κ2) is 8.78. The van der Waals surface area contributed by atoms with Crippen LogP contribution in [-0.4, -0.2) is 27.7 Å². The van der Waals surface area contributed by atoms with Gasteiger partial charge >= 0.3 is 0 Å². The molecule has 2 unspecified atom stereocenters. The minimum absolute atomic E-state index is 0. The van der Waals surface area contributed by atoms with Crippen LogP contribution in [0.2, 0.25) is 0 Å². The first-order valence-electron chi connectivity index (χ1n) is 8.56. The zero-order valence-corrected chi connectivity index (χ0v) is 16.5. The van der Waals surface area contributed by atoms with E-state index in [-0.39, 0.29) is 18.3 Å². The van der Waals surface area contributed by atoms with Gasteiger partial charge in [-0.25, -0.2) is 4.98 Å². The van der Waals surface area contributed by atoms with E-state index in [0.717, 1.165) is 24.3 Å². The minimum atomic E-state index is -0.424. The van der Waals surface area contributed by atoms with Crippen LogP contribution in [-0.2, 0) is 24.7 Å². The average Bonchev–Trinajstić information content (AvgIpc) is 3.14. The first kappa shape index (κ1) is 19.9. The Labute approximate surface area is 158 Å². The summed E-state index contributed by atoms with van der Waals surface area (Å²) in [4.78, 5) is 18.6. The van der Waals surface area contributed by atoms with Gasteiger partial charge in [0.05, 0.1) is 11.9 Å². The molecule has 0 aliphatic heterocycles. The van der Waals surface area contributed by atoms with E-state index in [1.54, 1.807) is 29.3 Å². The second-order valence-electron chi connectivity index (χ2n) is 6.44. The normalized spacial score (nSPS) is 17.5. The fourth-order valence-corrected chi connectivity index (χ4v) is 4.49. The van der Waals surface area contributed by atoms with Gasteiger partial charge in [-0.2, -0.15) is 5.10 Å². The highest BCUT2D eigenvalue weighted by molar-refractivity contribution is 7.15. The highest BCUT2D eigenvalue weighted by Gasteiger charge is 2.25. The molecule has 2 N–H and O–H groups in total. The van der Waals surface area contributed by atoms with Crippen molar-refractivity contribution in [2.24, 2.45) is 13.0 Å². The third kappa shape index (κ3) is 4.59. The van der Waals surface area contributed by atoms with Crippen molar-refractivity contribution < 1.29 is 4.79 Å². The van der Waals surface area contributed by atoms with Crippen LogP contribution in [0, 0.1) is 5.92 Å². The standard InChI is InChI=1S/C17H25N5OS.ClH/c1-4-5-11-6-7-13-14(8-11)24-17(20-13)21-16(23)15(18-2)12-9-19-22(3)10-12;/h9-11,15,18H,4-8H2,1-3H3,(H,20,21,23);1H. The summed E-state index contributed by atoms with van der Waals surface area (Å²) in [7, 11) is 3.62. The van der Waals surface area contributed by atoms with Crippen molar-refractivity contribution in [1.82, 2.24) is 20.1 Å². The van der Waals surface area contributed by atoms with Crippen LogP contribution in [0.4, 0.5) is 5.13 Å². The molecular formula is C17H26ClN5OS. The first-order chi connectivity index (χ1) is 11.6. The van der Waals surface area contributed by atoms with Gasteiger partial charge in [0.25, 0.3) is 0 Å². The van der Waals surface area contributed by atoms with Gasteiger partial charge < -0.3 is 10.6 Å². The molecule has 0 radical (unpaired) electrons. The van der Waals surface area contributed by atoms with Gasteiger partial charge in [0.1, 0.15) is 6.04 Å². The zero-order valence-electron chi connectivity index (χ0n) is 14.9. The number of nitrogens with zero attached hydrogens (tertiary/aromatic N) is 3. The molecule has 2 aromatic heterocycles. The number of anilines is 1. The van der Waals surface area contributed by atoms with E-state index in [1.807, 2.05) is 13.2 Å². The number of fused-ring (bicyclic) bond motifs is 1. The molecule has 0 saturated carbocycles. The number of rotatable bonds is 6. The van der Waals surface area contributed by atoms with Gasteiger partial charge in [-0.3, -0.25) is 9.48 Å². The Morgan fingerprint density at radius 2 is 2.32 bits per heavy atom. The molecule has 138 valence electrons. The Morgan fingerprint density at radius 1 is 1.52 bits per heavy atom. The Kier molecular flexibility index (Phi) is 6.98. The van der Waals surface area contributed by atoms with E-state index < -0.39 is 6.04 Å². The van der Waals surface area contributed by atoms with Crippen molar-refractivity contribution in [1.29, 1.82) is 0 Å². The third-order valence-electron chi connectivity index (χ3n) is 4.58. The maximum atomic E-state index is 12.6. The van der Waals surface area contributed by atoms with E-state index >= 15 is 0 Å². The van der Waals surface area contributed by atoms with Gasteiger partial charge in [-0.05, 0) is 32.2 Å². The monoisotopic (exact) mass is 383 g/mol. The van der Waals surface area contributed by atoms with E-state index in [4.69, 9.17) is 0 Å². The minimum Gasteiger partial charge on any atom is -0.305 e. The van der Waals surface area contributed by atoms with Crippen LogP contribution in [0.1, 0.15) is 48.4 Å². The van der Waals surface area contributed by atoms with Crippen LogP contribution in [0.25, 0.3) is 0 Å². The number of hydrogen-bond donors (Lipinski definition) is 2. The summed E-state index contributed by atoms with van der Waals surface area (Å²) in [6, 6.07) is -0.424. The van der Waals surface area contributed by atoms with Crippen molar-refractivity contribution in [2.75, 3.05) is 12.4 Å². The van der Waals surface area contributed by atoms with Crippen molar-refractivity contribution >= 4 is 34.8 Å². The summed E-state index contributed by atoms with van der Waals surface area (Å²) >= 11 is 1.63. The molecule has 2 atom stereocenters. The third-order valence-corrected chi connectivity index (χ3v) is 5.61. The molecule has 1 aliphatic carbocycles. The van der Waals surface area contributed by atoms with Crippen LogP contribution in [0.5, 0.6) is 0 Å². The van der Waals surface area contributed by atoms with E-state index in [9.17, 15) is 4.79 Å². The summed E-state index contributed by atoms with van der Waals surface area (Å²) in [5, 5.41) is 10.9. The predicted molar refractivity (Wildman–Crippen MR) is 103 cm³/mol. The summed E-state index contributed by atoms with van der Waals surface area (Å²) in [5.41, 5.74) is 2.02. The van der Waals surface area contributed by atoms with Crippen LogP contribution < -0.4 is 10.6 Å². The molecular weight excluding hydrogens is 358 g/mol. The fourth-order valence-electron chi connectivity index (χ4n) is 3.37. The Bertz CT molecular complexity index is 714. The van der Waals surface area contributed by atoms with E-state index in [2.05, 4.69) is 27.6 Å². The van der Waals surface area contributed by atoms with Crippen LogP contribution in [0.15, 0.2) is 12.4 Å². The van der Waals surface area contributed by atoms with E-state index in [0.29, 0.717) is 5.13 Å². The molecule has 3 rings (SSSR count). The predicted octanol–water partition coefficient (Wildman–Crippen LogP) is 3.10. The first-order valence-corrected chi connectivity index (χ1v) is 9.37. The van der Waals surface area contributed by atoms with Gasteiger partial charge in [-0.15, -0.1) is 23.7 Å². The quantitative estimate of drug-likeness (QED) is 0.803. The molecule has 0 aromatic carbocycles. The molecule has 0 fully saturated rings. The van der Waals surface area contributed by atoms with Crippen LogP contribution in [0.3, 0.4) is 0 Å². The summed E-state index contributed by atoms with van der Waals surface area (Å²) in [6.45, 7) is 2.24. The van der Waals surface area contributed by atoms with Gasteiger partial charge in [0.2, 0.25) is 5.91 Å². The summed E-state index contributed by atoms with van der Waals surface area (Å²) in [5.74, 6) is 0.675. The number of amides is 1. The number of aromatic nitrogens is 3. The molecule has 0 bridgehead atoms. The zero-order chi connectivity index (χ0) is 17.1. The number of halogens is 1. The molecule has 6 nitrogen and oxygen atoms in total. The topological polar surface area (TPSA) is 71.8 Å². The fraction of sp³-hybridized carbons (Fsp3) is 0.588. The average molecular weight is 384 g/mol. The molecule has 2 heterocycles. The number of carbonyl (C=O) groups excluding carboxylic acids is 1. The molecule has 0 spiro atoms. The molecule has 2 aromatic rings. The maximum absolute atomic E-state index is 12.6. The molecule has 25 heavy (non-hydrogen) atoms. The lowest BCUT2D eigenvalue weighted by Crippen LogP contribution is -2.30. The Balaban J connectivity index is 0.00000225. The SMILES string of the molecule is CCCC1CCc2nc(NC(=O)C(NC)c3cnn(C)c3)sc2C1.Cl. The number of carbonyl (C=O) groups is 1. The number of hydrogen-bond acceptors (Lipinski definition) is 5. The highest BCUT2D eigenvalue weighted by atomic mass is 35.5. The number of likely N-dealkylation sites (N-methyl/N-ethyl adjacent to an activating group) is 1. The largest absolute Gasteiger partial charge is 0.305 e. The van der Waals surface area contributed by atoms with E-state index in [1.165, 1.54) is 29.8 Å². The van der Waals surface area contributed by atoms with Gasteiger partial charge in [0, 0.05) is 23.7 Å². The number of aryl methyl sites for hydroxylation is 2. The molecule has 1 amide bonds. The lowest BCUT2D eigenvalue weighted by atomic mass is 9.88. The Morgan fingerprint density at radius 3 is 2.96 bits per heavy atom. The smallest absolute Gasteiger partial charge is 0.247 e. The second-order valence-corrected chi connectivity index (χ2v) is 7.53. The van der Waals surface area contributed by atoms with Gasteiger partial charge in [-0.1, -0.05) is 19.8 Å². The number of thiazole rings is 1. The molecule has 0 saturated heterocycles. The van der Waals surface area contributed by atoms with Crippen molar-refractivity contribution in [3.8, 4) is 0 Å². The summed E-state index contributed by atoms with van der Waals surface area (Å²) < 4.78 is 1.70. The molecule has 8 heteroatoms. The maximum Gasteiger partial charge on any atom is 0.247 e. The van der Waals surface area contributed by atoms with Crippen molar-refractivity contribution in [3.63, 3.8) is 0 Å². The Hall–Kier alpha value is -1.44. The lowest BCUT2D eigenvalue weighted by Gasteiger charge is -2.19. The van der Waals surface area contributed by atoms with Crippen molar-refractivity contribution in [3.05, 3.63) is 28.5 Å². The van der Waals surface area contributed by atoms with Crippen LogP contribution >= 0.6 is 23.7 Å². The van der Waals surface area contributed by atoms with Crippen molar-refractivity contribution in [2.45, 2.75) is 45.1 Å². The number of nitrogens with one attached hydrogen (secondary N) is 2. The summed E-state index contributed by atoms with van der Waals surface area (Å²) in [6.07, 6.45) is 9.43. The lowest BCUT2D eigenvalue weighted by molar-refractivity contribution is -0.118. The highest BCUT2D eigenvalue weighted by Crippen LogP contribution is 2.34. The molecule has 1 aliphatic rings.